The molecule has 0 saturated heterocycles. The summed E-state index contributed by atoms with van der Waals surface area (Å²) >= 11 is 0. The van der Waals surface area contributed by atoms with Crippen molar-refractivity contribution in [3.63, 3.8) is 0 Å². The summed E-state index contributed by atoms with van der Waals surface area (Å²) in [5.41, 5.74) is 0.519. The van der Waals surface area contributed by atoms with Crippen molar-refractivity contribution in [2.45, 2.75) is 194 Å². The fourth-order valence-electron chi connectivity index (χ4n) is 5.35. The molecular weight excluding hydrogens is 452 g/mol. The Hall–Kier alpha value is -0.790. The Morgan fingerprint density at radius 3 is 1.05 bits per heavy atom. The maximum absolute atomic E-state index is 11.9. The third-order valence-corrected chi connectivity index (χ3v) is 7.98. The number of hydrogen-bond donors (Lipinski definition) is 0. The average molecular weight is 521 g/mol. The van der Waals surface area contributed by atoms with Crippen LogP contribution in [0.1, 0.15) is 194 Å². The lowest BCUT2D eigenvalue weighted by Crippen LogP contribution is -2.15. The highest BCUT2D eigenvalue weighted by Gasteiger charge is 2.12. The molecule has 220 valence electrons. The molecular formula is C35H68O2. The maximum atomic E-state index is 11.9. The van der Waals surface area contributed by atoms with Gasteiger partial charge in [-0.3, -0.25) is 0 Å². The highest BCUT2D eigenvalue weighted by molar-refractivity contribution is 5.86. The Morgan fingerprint density at radius 2 is 0.784 bits per heavy atom. The summed E-state index contributed by atoms with van der Waals surface area (Å²) in [4.78, 5) is 11.9. The fraction of sp³-hybridized carbons (Fsp3) is 0.914. The van der Waals surface area contributed by atoms with Crippen molar-refractivity contribution in [2.75, 3.05) is 6.61 Å². The second-order valence-corrected chi connectivity index (χ2v) is 12.0. The molecule has 0 radical (unpaired) electrons. The van der Waals surface area contributed by atoms with E-state index in [1.807, 2.05) is 0 Å². The van der Waals surface area contributed by atoms with Crippen LogP contribution in [0.25, 0.3) is 0 Å². The van der Waals surface area contributed by atoms with Crippen LogP contribution in [0.15, 0.2) is 12.2 Å². The molecule has 1 unspecified atom stereocenters. The van der Waals surface area contributed by atoms with Crippen LogP contribution in [-0.4, -0.2) is 12.6 Å². The first-order valence-corrected chi connectivity index (χ1v) is 16.9. The number of carbonyl (C=O) groups is 1. The van der Waals surface area contributed by atoms with Gasteiger partial charge in [0.05, 0.1) is 6.61 Å². The first-order chi connectivity index (χ1) is 18.1. The van der Waals surface area contributed by atoms with Gasteiger partial charge in [-0.05, 0) is 25.7 Å². The van der Waals surface area contributed by atoms with E-state index in [0.29, 0.717) is 18.1 Å². The molecule has 0 aliphatic carbocycles. The second-order valence-electron chi connectivity index (χ2n) is 12.0. The lowest BCUT2D eigenvalue weighted by molar-refractivity contribution is -0.140. The molecule has 37 heavy (non-hydrogen) atoms. The molecule has 0 aliphatic heterocycles. The van der Waals surface area contributed by atoms with E-state index in [-0.39, 0.29) is 5.97 Å². The molecule has 0 amide bonds. The highest BCUT2D eigenvalue weighted by atomic mass is 16.5. The Labute approximate surface area is 234 Å². The van der Waals surface area contributed by atoms with Crippen LogP contribution in [0.3, 0.4) is 0 Å². The SMILES string of the molecule is C=C(C)C(=O)OCC(CCCCCCCCCCCCCC)CCCCCCCCCCCCCCC. The molecule has 0 aliphatic rings. The molecule has 0 spiro atoms. The smallest absolute Gasteiger partial charge is 0.333 e. The molecule has 0 aromatic heterocycles. The van der Waals surface area contributed by atoms with Gasteiger partial charge < -0.3 is 4.74 Å². The molecule has 0 fully saturated rings. The zero-order chi connectivity index (χ0) is 27.2. The van der Waals surface area contributed by atoms with E-state index in [0.717, 1.165) is 0 Å². The number of hydrogen-bond acceptors (Lipinski definition) is 2. The predicted octanol–water partition coefficient (Wildman–Crippen LogP) is 12.3. The van der Waals surface area contributed by atoms with Crippen molar-refractivity contribution in [1.29, 1.82) is 0 Å². The molecule has 2 nitrogen and oxygen atoms in total. The summed E-state index contributed by atoms with van der Waals surface area (Å²) in [6.07, 6.45) is 37.3. The van der Waals surface area contributed by atoms with Crippen LogP contribution in [0.4, 0.5) is 0 Å². The van der Waals surface area contributed by atoms with Gasteiger partial charge in [0.15, 0.2) is 0 Å². The van der Waals surface area contributed by atoms with Gasteiger partial charge in [0.2, 0.25) is 0 Å². The largest absolute Gasteiger partial charge is 0.462 e. The van der Waals surface area contributed by atoms with E-state index in [2.05, 4.69) is 20.4 Å². The average Bonchev–Trinajstić information content (AvgIpc) is 2.89. The lowest BCUT2D eigenvalue weighted by atomic mass is 9.94. The van der Waals surface area contributed by atoms with Crippen molar-refractivity contribution in [2.24, 2.45) is 5.92 Å². The van der Waals surface area contributed by atoms with Crippen LogP contribution in [0, 0.1) is 5.92 Å². The third kappa shape index (κ3) is 28.0. The second kappa shape index (κ2) is 29.8. The Bertz CT molecular complexity index is 484. The summed E-state index contributed by atoms with van der Waals surface area (Å²) in [7, 11) is 0. The summed E-state index contributed by atoms with van der Waals surface area (Å²) in [5.74, 6) is 0.309. The monoisotopic (exact) mass is 521 g/mol. The molecule has 0 bridgehead atoms. The van der Waals surface area contributed by atoms with E-state index < -0.39 is 0 Å². The van der Waals surface area contributed by atoms with E-state index >= 15 is 0 Å². The predicted molar refractivity (Wildman–Crippen MR) is 165 cm³/mol. The van der Waals surface area contributed by atoms with E-state index in [9.17, 15) is 4.79 Å². The minimum Gasteiger partial charge on any atom is -0.462 e. The summed E-state index contributed by atoms with van der Waals surface area (Å²) in [5, 5.41) is 0. The summed E-state index contributed by atoms with van der Waals surface area (Å²) < 4.78 is 5.55. The van der Waals surface area contributed by atoms with E-state index in [4.69, 9.17) is 4.74 Å². The Morgan fingerprint density at radius 1 is 0.514 bits per heavy atom. The normalized spacial score (nSPS) is 12.1. The zero-order valence-corrected chi connectivity index (χ0v) is 25.9. The lowest BCUT2D eigenvalue weighted by Gasteiger charge is -2.17. The third-order valence-electron chi connectivity index (χ3n) is 7.98. The molecule has 0 heterocycles. The van der Waals surface area contributed by atoms with Crippen molar-refractivity contribution < 1.29 is 9.53 Å². The van der Waals surface area contributed by atoms with Gasteiger partial charge in [-0.15, -0.1) is 0 Å². The maximum Gasteiger partial charge on any atom is 0.333 e. The first kappa shape index (κ1) is 36.2. The Kier molecular flexibility index (Phi) is 29.1. The van der Waals surface area contributed by atoms with Crippen molar-refractivity contribution in [3.8, 4) is 0 Å². The molecule has 0 N–H and O–H groups in total. The quantitative estimate of drug-likeness (QED) is 0.0534. The molecule has 0 aromatic carbocycles. The van der Waals surface area contributed by atoms with Gasteiger partial charge in [-0.25, -0.2) is 4.79 Å². The Balaban J connectivity index is 3.80. The van der Waals surface area contributed by atoms with Crippen molar-refractivity contribution >= 4 is 5.97 Å². The zero-order valence-electron chi connectivity index (χ0n) is 25.9. The standard InChI is InChI=1S/C35H68O2/c1-5-7-9-11-13-15-17-19-21-23-25-27-29-31-34(32-37-35(36)33(3)4)30-28-26-24-22-20-18-16-14-12-10-8-6-2/h34H,3,5-32H2,1-2,4H3. The minimum absolute atomic E-state index is 0.218. The molecule has 0 aromatic rings. The number of rotatable bonds is 30. The van der Waals surface area contributed by atoms with Crippen LogP contribution in [-0.2, 0) is 9.53 Å². The molecule has 2 heteroatoms. The number of carbonyl (C=O) groups excluding carboxylic acids is 1. The molecule has 1 atom stereocenters. The van der Waals surface area contributed by atoms with Gasteiger partial charge in [0.25, 0.3) is 0 Å². The van der Waals surface area contributed by atoms with Crippen molar-refractivity contribution in [3.05, 3.63) is 12.2 Å². The van der Waals surface area contributed by atoms with Crippen molar-refractivity contribution in [1.82, 2.24) is 0 Å². The van der Waals surface area contributed by atoms with Gasteiger partial charge in [0.1, 0.15) is 0 Å². The number of ether oxygens (including phenoxy) is 1. The van der Waals surface area contributed by atoms with Gasteiger partial charge in [-0.1, -0.05) is 181 Å². The van der Waals surface area contributed by atoms with Gasteiger partial charge >= 0.3 is 5.97 Å². The van der Waals surface area contributed by atoms with Crippen LogP contribution in [0.5, 0.6) is 0 Å². The highest BCUT2D eigenvalue weighted by Crippen LogP contribution is 2.21. The molecule has 0 saturated carbocycles. The van der Waals surface area contributed by atoms with Crippen LogP contribution in [0.2, 0.25) is 0 Å². The van der Waals surface area contributed by atoms with Gasteiger partial charge in [0, 0.05) is 5.57 Å². The minimum atomic E-state index is -0.218. The first-order valence-electron chi connectivity index (χ1n) is 16.9. The number of unbranched alkanes of at least 4 members (excludes halogenated alkanes) is 23. The number of esters is 1. The molecule has 0 rings (SSSR count). The summed E-state index contributed by atoms with van der Waals surface area (Å²) in [6.45, 7) is 10.6. The summed E-state index contributed by atoms with van der Waals surface area (Å²) in [6, 6.07) is 0. The van der Waals surface area contributed by atoms with E-state index in [1.165, 1.54) is 173 Å². The van der Waals surface area contributed by atoms with Crippen LogP contribution < -0.4 is 0 Å². The van der Waals surface area contributed by atoms with E-state index in [1.54, 1.807) is 6.92 Å². The topological polar surface area (TPSA) is 26.3 Å². The fourth-order valence-corrected chi connectivity index (χ4v) is 5.35. The van der Waals surface area contributed by atoms with Crippen LogP contribution >= 0.6 is 0 Å². The van der Waals surface area contributed by atoms with Gasteiger partial charge in [-0.2, -0.15) is 0 Å².